The van der Waals surface area contributed by atoms with Crippen molar-refractivity contribution in [2.75, 3.05) is 23.8 Å². The molecule has 0 saturated heterocycles. The smallest absolute Gasteiger partial charge is 0.329 e. The fourth-order valence-corrected chi connectivity index (χ4v) is 2.90. The minimum Gasteiger partial charge on any atom is -0.490 e. The molecule has 180 valence electrons. The molecule has 0 aliphatic rings. The van der Waals surface area contributed by atoms with Crippen LogP contribution in [0.25, 0.3) is 0 Å². The Balaban J connectivity index is 1.55. The molecule has 0 aromatic heterocycles. The second kappa shape index (κ2) is 12.5. The van der Waals surface area contributed by atoms with E-state index in [1.165, 1.54) is 6.21 Å². The number of nitrogens with zero attached hydrogens (tertiary/aromatic N) is 1. The van der Waals surface area contributed by atoms with E-state index in [2.05, 4.69) is 21.2 Å². The van der Waals surface area contributed by atoms with Gasteiger partial charge in [-0.05, 0) is 61.9 Å². The highest BCUT2D eigenvalue weighted by molar-refractivity contribution is 6.39. The zero-order valence-corrected chi connectivity index (χ0v) is 19.4. The number of hydrazone groups is 1. The van der Waals surface area contributed by atoms with Crippen LogP contribution in [0.3, 0.4) is 0 Å². The monoisotopic (exact) mass is 474 g/mol. The van der Waals surface area contributed by atoms with Gasteiger partial charge in [0.2, 0.25) is 0 Å². The molecule has 0 atom stereocenters. The number of carbonyl (C=O) groups excluding carboxylic acids is 3. The van der Waals surface area contributed by atoms with Crippen LogP contribution < -0.4 is 25.5 Å². The van der Waals surface area contributed by atoms with Crippen molar-refractivity contribution in [2.45, 2.75) is 13.8 Å². The summed E-state index contributed by atoms with van der Waals surface area (Å²) in [4.78, 5) is 36.1. The van der Waals surface area contributed by atoms with Crippen LogP contribution in [0.1, 0.15) is 18.1 Å². The maximum absolute atomic E-state index is 12.1. The van der Waals surface area contributed by atoms with Gasteiger partial charge in [0.25, 0.3) is 5.91 Å². The van der Waals surface area contributed by atoms with E-state index in [0.29, 0.717) is 35.0 Å². The van der Waals surface area contributed by atoms with E-state index < -0.39 is 11.8 Å². The summed E-state index contributed by atoms with van der Waals surface area (Å²) in [5.74, 6) is -1.26. The molecular weight excluding hydrogens is 448 g/mol. The number of nitrogens with one attached hydrogen (secondary N) is 3. The molecule has 3 rings (SSSR count). The van der Waals surface area contributed by atoms with Gasteiger partial charge in [0.15, 0.2) is 18.1 Å². The maximum Gasteiger partial charge on any atom is 0.329 e. The number of aryl methyl sites for hydroxylation is 1. The normalized spacial score (nSPS) is 10.5. The quantitative estimate of drug-likeness (QED) is 0.249. The zero-order valence-electron chi connectivity index (χ0n) is 19.4. The Bertz CT molecular complexity index is 1190. The number of ether oxygens (including phenoxy) is 2. The molecule has 0 aliphatic carbocycles. The lowest BCUT2D eigenvalue weighted by atomic mass is 10.2. The molecule has 9 heteroatoms. The summed E-state index contributed by atoms with van der Waals surface area (Å²) in [5, 5.41) is 9.06. The third-order valence-electron chi connectivity index (χ3n) is 4.58. The summed E-state index contributed by atoms with van der Waals surface area (Å²) in [6.07, 6.45) is 1.37. The predicted molar refractivity (Wildman–Crippen MR) is 134 cm³/mol. The van der Waals surface area contributed by atoms with Crippen LogP contribution in [-0.2, 0) is 14.4 Å². The van der Waals surface area contributed by atoms with Crippen LogP contribution >= 0.6 is 0 Å². The van der Waals surface area contributed by atoms with Gasteiger partial charge in [-0.15, -0.1) is 0 Å². The van der Waals surface area contributed by atoms with Crippen LogP contribution in [-0.4, -0.2) is 37.1 Å². The maximum atomic E-state index is 12.1. The Morgan fingerprint density at radius 2 is 1.54 bits per heavy atom. The van der Waals surface area contributed by atoms with Gasteiger partial charge in [-0.2, -0.15) is 5.10 Å². The van der Waals surface area contributed by atoms with Crippen LogP contribution in [0.5, 0.6) is 11.5 Å². The van der Waals surface area contributed by atoms with Crippen molar-refractivity contribution in [1.29, 1.82) is 0 Å². The molecule has 3 aromatic rings. The average Bonchev–Trinajstić information content (AvgIpc) is 2.85. The Labute approximate surface area is 203 Å². The molecule has 3 aromatic carbocycles. The molecule has 0 saturated carbocycles. The van der Waals surface area contributed by atoms with E-state index in [1.54, 1.807) is 42.5 Å². The van der Waals surface area contributed by atoms with E-state index in [1.807, 2.05) is 44.2 Å². The molecule has 0 heterocycles. The topological polar surface area (TPSA) is 118 Å². The molecule has 0 aliphatic heterocycles. The number of rotatable bonds is 9. The molecule has 9 nitrogen and oxygen atoms in total. The first kappa shape index (κ1) is 25.0. The van der Waals surface area contributed by atoms with Crippen molar-refractivity contribution in [2.24, 2.45) is 5.10 Å². The zero-order chi connectivity index (χ0) is 25.0. The number of hydrogen-bond acceptors (Lipinski definition) is 6. The summed E-state index contributed by atoms with van der Waals surface area (Å²) >= 11 is 0. The molecular formula is C26H26N4O5. The Hall–Kier alpha value is -4.66. The first-order valence-corrected chi connectivity index (χ1v) is 10.9. The Morgan fingerprint density at radius 1 is 0.829 bits per heavy atom. The number of hydrogen-bond donors (Lipinski definition) is 3. The minimum absolute atomic E-state index is 0.200. The minimum atomic E-state index is -0.906. The molecule has 35 heavy (non-hydrogen) atoms. The number of para-hydroxylation sites is 1. The predicted octanol–water partition coefficient (Wildman–Crippen LogP) is 3.50. The van der Waals surface area contributed by atoms with E-state index in [9.17, 15) is 14.4 Å². The highest BCUT2D eigenvalue weighted by atomic mass is 16.5. The molecule has 0 unspecified atom stereocenters. The van der Waals surface area contributed by atoms with E-state index in [4.69, 9.17) is 9.47 Å². The third kappa shape index (κ3) is 8.01. The van der Waals surface area contributed by atoms with Crippen LogP contribution in [0, 0.1) is 6.92 Å². The van der Waals surface area contributed by atoms with Gasteiger partial charge in [0.1, 0.15) is 0 Å². The SMILES string of the molecule is CCOc1cc(/C=N\NC(=O)C(=O)Nc2ccc(C)cc2)ccc1OCC(=O)Nc1ccccc1. The van der Waals surface area contributed by atoms with E-state index in [-0.39, 0.29) is 12.5 Å². The lowest BCUT2D eigenvalue weighted by Crippen LogP contribution is -2.32. The van der Waals surface area contributed by atoms with Crippen molar-refractivity contribution in [1.82, 2.24) is 5.43 Å². The van der Waals surface area contributed by atoms with Crippen LogP contribution in [0.4, 0.5) is 11.4 Å². The van der Waals surface area contributed by atoms with Gasteiger partial charge in [0, 0.05) is 11.4 Å². The number of carbonyl (C=O) groups is 3. The van der Waals surface area contributed by atoms with Gasteiger partial charge in [-0.3, -0.25) is 14.4 Å². The molecule has 3 N–H and O–H groups in total. The Kier molecular flexibility index (Phi) is 8.95. The molecule has 3 amide bonds. The van der Waals surface area contributed by atoms with Crippen LogP contribution in [0.15, 0.2) is 77.9 Å². The van der Waals surface area contributed by atoms with Crippen molar-refractivity contribution >= 4 is 35.3 Å². The summed E-state index contributed by atoms with van der Waals surface area (Å²) in [6, 6.07) is 21.1. The number of amides is 3. The highest BCUT2D eigenvalue weighted by Crippen LogP contribution is 2.28. The third-order valence-corrected chi connectivity index (χ3v) is 4.58. The second-order valence-corrected chi connectivity index (χ2v) is 7.36. The van der Waals surface area contributed by atoms with E-state index in [0.717, 1.165) is 5.56 Å². The number of benzene rings is 3. The first-order valence-electron chi connectivity index (χ1n) is 10.9. The summed E-state index contributed by atoms with van der Waals surface area (Å²) in [5.41, 5.74) is 5.00. The Morgan fingerprint density at radius 3 is 2.26 bits per heavy atom. The highest BCUT2D eigenvalue weighted by Gasteiger charge is 2.13. The van der Waals surface area contributed by atoms with E-state index >= 15 is 0 Å². The second-order valence-electron chi connectivity index (χ2n) is 7.36. The van der Waals surface area contributed by atoms with Crippen molar-refractivity contribution in [3.63, 3.8) is 0 Å². The van der Waals surface area contributed by atoms with Gasteiger partial charge >= 0.3 is 11.8 Å². The molecule has 0 bridgehead atoms. The molecule has 0 spiro atoms. The molecule has 0 fully saturated rings. The number of anilines is 2. The summed E-state index contributed by atoms with van der Waals surface area (Å²) < 4.78 is 11.2. The standard InChI is InChI=1S/C26H26N4O5/c1-3-34-23-15-19(11-14-22(23)35-17-24(31)28-20-7-5-4-6-8-20)16-27-30-26(33)25(32)29-21-12-9-18(2)10-13-21/h4-16H,3,17H2,1-2H3,(H,28,31)(H,29,32)(H,30,33)/b27-16-. The van der Waals surface area contributed by atoms with Crippen molar-refractivity contribution in [3.8, 4) is 11.5 Å². The average molecular weight is 475 g/mol. The fourth-order valence-electron chi connectivity index (χ4n) is 2.90. The fraction of sp³-hybridized carbons (Fsp3) is 0.154. The van der Waals surface area contributed by atoms with Gasteiger partial charge in [-0.25, -0.2) is 5.43 Å². The van der Waals surface area contributed by atoms with Gasteiger partial charge in [0.05, 0.1) is 12.8 Å². The van der Waals surface area contributed by atoms with Crippen molar-refractivity contribution < 1.29 is 23.9 Å². The van der Waals surface area contributed by atoms with Crippen molar-refractivity contribution in [3.05, 3.63) is 83.9 Å². The lowest BCUT2D eigenvalue weighted by Gasteiger charge is -2.12. The largest absolute Gasteiger partial charge is 0.490 e. The first-order chi connectivity index (χ1) is 16.9. The summed E-state index contributed by atoms with van der Waals surface area (Å²) in [7, 11) is 0. The summed E-state index contributed by atoms with van der Waals surface area (Å²) in [6.45, 7) is 3.92. The lowest BCUT2D eigenvalue weighted by molar-refractivity contribution is -0.136. The molecule has 0 radical (unpaired) electrons. The van der Waals surface area contributed by atoms with Gasteiger partial charge < -0.3 is 20.1 Å². The van der Waals surface area contributed by atoms with Gasteiger partial charge in [-0.1, -0.05) is 35.9 Å². The van der Waals surface area contributed by atoms with Crippen LogP contribution in [0.2, 0.25) is 0 Å².